The Labute approximate surface area is 138 Å². The molecule has 0 spiro atoms. The number of amides is 2. The summed E-state index contributed by atoms with van der Waals surface area (Å²) < 4.78 is 23.0. The lowest BCUT2D eigenvalue weighted by atomic mass is 10.1. The van der Waals surface area contributed by atoms with E-state index in [1.54, 1.807) is 31.4 Å². The van der Waals surface area contributed by atoms with E-state index in [0.717, 1.165) is 5.56 Å². The Hall–Kier alpha value is -3.09. The number of benzene rings is 2. The summed E-state index contributed by atoms with van der Waals surface area (Å²) >= 11 is 0. The minimum atomic E-state index is -0.529. The fourth-order valence-corrected chi connectivity index (χ4v) is 1.87. The van der Waals surface area contributed by atoms with Crippen molar-refractivity contribution >= 4 is 11.8 Å². The van der Waals surface area contributed by atoms with Crippen LogP contribution >= 0.6 is 0 Å². The standard InChI is InChI=1S/C17H17FN2O4/c1-23-15-4-2-3-12(9-15)10-16(21)19-20-17(22)11-24-14-7-5-13(18)6-8-14/h2-9H,10-11H2,1H3,(H,19,21)(H,20,22). The summed E-state index contributed by atoms with van der Waals surface area (Å²) in [6, 6.07) is 12.3. The molecule has 2 rings (SSSR count). The van der Waals surface area contributed by atoms with E-state index in [0.29, 0.717) is 11.5 Å². The minimum absolute atomic E-state index is 0.0936. The Kier molecular flexibility index (Phi) is 6.13. The van der Waals surface area contributed by atoms with Crippen molar-refractivity contribution in [3.63, 3.8) is 0 Å². The topological polar surface area (TPSA) is 76.7 Å². The Morgan fingerprint density at radius 2 is 1.71 bits per heavy atom. The number of methoxy groups -OCH3 is 1. The number of carbonyl (C=O) groups excluding carboxylic acids is 2. The first-order valence-electron chi connectivity index (χ1n) is 7.16. The van der Waals surface area contributed by atoms with Crippen LogP contribution in [0.2, 0.25) is 0 Å². The highest BCUT2D eigenvalue weighted by Crippen LogP contribution is 2.13. The summed E-state index contributed by atoms with van der Waals surface area (Å²) in [7, 11) is 1.54. The zero-order valence-corrected chi connectivity index (χ0v) is 13.0. The van der Waals surface area contributed by atoms with E-state index in [1.165, 1.54) is 24.3 Å². The number of halogens is 1. The predicted molar refractivity (Wildman–Crippen MR) is 84.9 cm³/mol. The monoisotopic (exact) mass is 332 g/mol. The van der Waals surface area contributed by atoms with Crippen LogP contribution in [0.4, 0.5) is 4.39 Å². The molecule has 6 nitrogen and oxygen atoms in total. The van der Waals surface area contributed by atoms with Gasteiger partial charge in [0.05, 0.1) is 13.5 Å². The molecule has 0 aromatic heterocycles. The molecule has 0 fully saturated rings. The van der Waals surface area contributed by atoms with Crippen LogP contribution in [-0.4, -0.2) is 25.5 Å². The second-order valence-corrected chi connectivity index (χ2v) is 4.87. The van der Waals surface area contributed by atoms with Crippen LogP contribution in [0.1, 0.15) is 5.56 Å². The van der Waals surface area contributed by atoms with E-state index in [2.05, 4.69) is 10.9 Å². The quantitative estimate of drug-likeness (QED) is 0.788. The maximum absolute atomic E-state index is 12.7. The summed E-state index contributed by atoms with van der Waals surface area (Å²) in [6.07, 6.45) is 0.0936. The van der Waals surface area contributed by atoms with Crippen molar-refractivity contribution in [2.75, 3.05) is 13.7 Å². The van der Waals surface area contributed by atoms with Crippen LogP contribution in [0.25, 0.3) is 0 Å². The van der Waals surface area contributed by atoms with Gasteiger partial charge in [-0.1, -0.05) is 12.1 Å². The van der Waals surface area contributed by atoms with Crippen LogP contribution in [-0.2, 0) is 16.0 Å². The molecule has 0 bridgehead atoms. The van der Waals surface area contributed by atoms with E-state index in [-0.39, 0.29) is 18.9 Å². The maximum atomic E-state index is 12.7. The number of hydrazine groups is 1. The number of carbonyl (C=O) groups is 2. The second kappa shape index (κ2) is 8.52. The number of hydrogen-bond acceptors (Lipinski definition) is 4. The molecular weight excluding hydrogens is 315 g/mol. The first kappa shape index (κ1) is 17.3. The van der Waals surface area contributed by atoms with Gasteiger partial charge in [0.15, 0.2) is 6.61 Å². The fourth-order valence-electron chi connectivity index (χ4n) is 1.87. The van der Waals surface area contributed by atoms with Crippen LogP contribution in [0, 0.1) is 5.82 Å². The van der Waals surface area contributed by atoms with Gasteiger partial charge >= 0.3 is 0 Å². The molecule has 0 saturated carbocycles. The van der Waals surface area contributed by atoms with Gasteiger partial charge in [-0.25, -0.2) is 4.39 Å². The minimum Gasteiger partial charge on any atom is -0.497 e. The average molecular weight is 332 g/mol. The van der Waals surface area contributed by atoms with Gasteiger partial charge < -0.3 is 9.47 Å². The van der Waals surface area contributed by atoms with Crippen LogP contribution in [0.5, 0.6) is 11.5 Å². The zero-order valence-electron chi connectivity index (χ0n) is 13.0. The van der Waals surface area contributed by atoms with Gasteiger partial charge in [-0.3, -0.25) is 20.4 Å². The van der Waals surface area contributed by atoms with Gasteiger partial charge in [0.25, 0.3) is 5.91 Å². The van der Waals surface area contributed by atoms with Crippen molar-refractivity contribution in [2.24, 2.45) is 0 Å². The summed E-state index contributed by atoms with van der Waals surface area (Å²) in [5.41, 5.74) is 5.29. The average Bonchev–Trinajstić information content (AvgIpc) is 2.59. The molecule has 2 aromatic rings. The van der Waals surface area contributed by atoms with Gasteiger partial charge in [-0.05, 0) is 42.0 Å². The molecule has 24 heavy (non-hydrogen) atoms. The normalized spacial score (nSPS) is 9.92. The Morgan fingerprint density at radius 1 is 1.00 bits per heavy atom. The SMILES string of the molecule is COc1cccc(CC(=O)NNC(=O)COc2ccc(F)cc2)c1. The molecule has 2 aromatic carbocycles. The largest absolute Gasteiger partial charge is 0.497 e. The Morgan fingerprint density at radius 3 is 2.42 bits per heavy atom. The van der Waals surface area contributed by atoms with Gasteiger partial charge in [-0.2, -0.15) is 0 Å². The summed E-state index contributed by atoms with van der Waals surface area (Å²) in [5, 5.41) is 0. The molecule has 7 heteroatoms. The van der Waals surface area contributed by atoms with Crippen molar-refractivity contribution in [1.29, 1.82) is 0 Å². The van der Waals surface area contributed by atoms with Crippen molar-refractivity contribution in [1.82, 2.24) is 10.9 Å². The van der Waals surface area contributed by atoms with Crippen molar-refractivity contribution in [3.05, 3.63) is 59.9 Å². The van der Waals surface area contributed by atoms with E-state index < -0.39 is 11.7 Å². The molecule has 0 aliphatic rings. The number of nitrogens with one attached hydrogen (secondary N) is 2. The highest BCUT2D eigenvalue weighted by molar-refractivity contribution is 5.83. The molecule has 0 atom stereocenters. The van der Waals surface area contributed by atoms with Gasteiger partial charge in [0.2, 0.25) is 5.91 Å². The van der Waals surface area contributed by atoms with E-state index >= 15 is 0 Å². The Balaban J connectivity index is 1.72. The lowest BCUT2D eigenvalue weighted by molar-refractivity contribution is -0.129. The van der Waals surface area contributed by atoms with Crippen molar-refractivity contribution < 1.29 is 23.5 Å². The Bertz CT molecular complexity index is 704. The first-order chi connectivity index (χ1) is 11.6. The number of hydrogen-bond donors (Lipinski definition) is 2. The predicted octanol–water partition coefficient (Wildman–Crippen LogP) is 1.60. The highest BCUT2D eigenvalue weighted by atomic mass is 19.1. The molecule has 0 unspecified atom stereocenters. The van der Waals surface area contributed by atoms with Crippen LogP contribution < -0.4 is 20.3 Å². The van der Waals surface area contributed by atoms with Gasteiger partial charge in [0, 0.05) is 0 Å². The molecule has 0 aliphatic carbocycles. The lowest BCUT2D eigenvalue weighted by Crippen LogP contribution is -2.44. The summed E-state index contributed by atoms with van der Waals surface area (Å²) in [4.78, 5) is 23.4. The molecule has 0 heterocycles. The maximum Gasteiger partial charge on any atom is 0.276 e. The van der Waals surface area contributed by atoms with Crippen molar-refractivity contribution in [2.45, 2.75) is 6.42 Å². The number of rotatable bonds is 6. The smallest absolute Gasteiger partial charge is 0.276 e. The van der Waals surface area contributed by atoms with E-state index in [1.807, 2.05) is 0 Å². The third-order valence-electron chi connectivity index (χ3n) is 3.02. The number of ether oxygens (including phenoxy) is 2. The van der Waals surface area contributed by atoms with Crippen LogP contribution in [0.3, 0.4) is 0 Å². The molecule has 2 N–H and O–H groups in total. The second-order valence-electron chi connectivity index (χ2n) is 4.87. The fraction of sp³-hybridized carbons (Fsp3) is 0.176. The van der Waals surface area contributed by atoms with Gasteiger partial charge in [-0.15, -0.1) is 0 Å². The summed E-state index contributed by atoms with van der Waals surface area (Å²) in [5.74, 6) is -0.292. The zero-order chi connectivity index (χ0) is 17.4. The summed E-state index contributed by atoms with van der Waals surface area (Å²) in [6.45, 7) is -0.301. The molecule has 0 saturated heterocycles. The molecule has 0 aliphatic heterocycles. The van der Waals surface area contributed by atoms with Crippen molar-refractivity contribution in [3.8, 4) is 11.5 Å². The molecule has 2 amide bonds. The molecular formula is C17H17FN2O4. The van der Waals surface area contributed by atoms with E-state index in [9.17, 15) is 14.0 Å². The molecule has 0 radical (unpaired) electrons. The third kappa shape index (κ3) is 5.60. The van der Waals surface area contributed by atoms with E-state index in [4.69, 9.17) is 9.47 Å². The molecule has 126 valence electrons. The first-order valence-corrected chi connectivity index (χ1v) is 7.16. The van der Waals surface area contributed by atoms with Gasteiger partial charge in [0.1, 0.15) is 17.3 Å². The highest BCUT2D eigenvalue weighted by Gasteiger charge is 2.07. The third-order valence-corrected chi connectivity index (χ3v) is 3.02. The lowest BCUT2D eigenvalue weighted by Gasteiger charge is -2.09. The van der Waals surface area contributed by atoms with Crippen LogP contribution in [0.15, 0.2) is 48.5 Å².